The summed E-state index contributed by atoms with van der Waals surface area (Å²) in [6.45, 7) is 0. The maximum Gasteiger partial charge on any atom is 0.573 e. The number of urea groups is 1. The number of aromatic hydroxyl groups is 1. The number of halogens is 3. The molecule has 0 heterocycles. The van der Waals surface area contributed by atoms with Gasteiger partial charge in [-0.05, 0) is 12.1 Å². The molecule has 0 atom stereocenters. The molecule has 0 saturated heterocycles. The molecule has 0 aromatic heterocycles. The van der Waals surface area contributed by atoms with Crippen LogP contribution in [0.15, 0.2) is 18.2 Å². The van der Waals surface area contributed by atoms with Gasteiger partial charge in [-0.2, -0.15) is 0 Å². The highest BCUT2D eigenvalue weighted by molar-refractivity contribution is 5.89. The number of carbonyl (C=O) groups excluding carboxylic acids is 1. The predicted octanol–water partition coefficient (Wildman–Crippen LogP) is 1.78. The molecule has 2 amide bonds. The third-order valence-corrected chi connectivity index (χ3v) is 1.46. The number of phenols is 1. The van der Waals surface area contributed by atoms with Crippen molar-refractivity contribution in [3.63, 3.8) is 0 Å². The molecule has 0 saturated carbocycles. The van der Waals surface area contributed by atoms with E-state index in [0.717, 1.165) is 12.1 Å². The minimum Gasteiger partial charge on any atom is -0.506 e. The molecule has 1 aromatic rings. The fourth-order valence-corrected chi connectivity index (χ4v) is 0.947. The summed E-state index contributed by atoms with van der Waals surface area (Å²) < 4.78 is 38.9. The molecule has 0 aliphatic heterocycles. The van der Waals surface area contributed by atoms with Crippen LogP contribution in [0.4, 0.5) is 23.7 Å². The highest BCUT2D eigenvalue weighted by Gasteiger charge is 2.31. The maximum atomic E-state index is 11.8. The summed E-state index contributed by atoms with van der Waals surface area (Å²) in [6.07, 6.45) is -4.84. The van der Waals surface area contributed by atoms with Crippen LogP contribution < -0.4 is 15.8 Å². The Labute approximate surface area is 87.6 Å². The minimum absolute atomic E-state index is 0.109. The molecule has 8 heteroatoms. The number of benzene rings is 1. The molecule has 1 aromatic carbocycles. The number of nitrogens with two attached hydrogens (primary N) is 1. The highest BCUT2D eigenvalue weighted by Crippen LogP contribution is 2.30. The second-order valence-electron chi connectivity index (χ2n) is 2.72. The lowest BCUT2D eigenvalue weighted by molar-refractivity contribution is -0.274. The van der Waals surface area contributed by atoms with Crippen molar-refractivity contribution in [2.75, 3.05) is 5.32 Å². The smallest absolute Gasteiger partial charge is 0.506 e. The first-order valence-electron chi connectivity index (χ1n) is 3.93. The lowest BCUT2D eigenvalue weighted by atomic mass is 10.3. The summed E-state index contributed by atoms with van der Waals surface area (Å²) in [4.78, 5) is 10.4. The van der Waals surface area contributed by atoms with Crippen LogP contribution in [0, 0.1) is 0 Å². The Morgan fingerprint density at radius 2 is 2.06 bits per heavy atom. The van der Waals surface area contributed by atoms with Gasteiger partial charge < -0.3 is 20.9 Å². The van der Waals surface area contributed by atoms with Crippen LogP contribution in [0.3, 0.4) is 0 Å². The molecule has 16 heavy (non-hydrogen) atoms. The molecule has 88 valence electrons. The van der Waals surface area contributed by atoms with E-state index in [2.05, 4.69) is 4.74 Å². The molecule has 0 aliphatic carbocycles. The monoisotopic (exact) mass is 236 g/mol. The fourth-order valence-electron chi connectivity index (χ4n) is 0.947. The molecule has 4 N–H and O–H groups in total. The van der Waals surface area contributed by atoms with Crippen LogP contribution in [-0.4, -0.2) is 17.5 Å². The van der Waals surface area contributed by atoms with Gasteiger partial charge in [-0.15, -0.1) is 13.2 Å². The fraction of sp³-hybridized carbons (Fsp3) is 0.125. The zero-order chi connectivity index (χ0) is 12.3. The second kappa shape index (κ2) is 4.17. The van der Waals surface area contributed by atoms with Gasteiger partial charge in [0.1, 0.15) is 11.5 Å². The summed E-state index contributed by atoms with van der Waals surface area (Å²) in [5.41, 5.74) is 4.65. The molecule has 0 radical (unpaired) electrons. The number of alkyl halides is 3. The maximum absolute atomic E-state index is 11.8. The van der Waals surface area contributed by atoms with Crippen molar-refractivity contribution in [2.24, 2.45) is 5.73 Å². The molecular formula is C8H7F3N2O3. The molecule has 0 unspecified atom stereocenters. The Hall–Kier alpha value is -2.12. The van der Waals surface area contributed by atoms with Crippen molar-refractivity contribution in [1.82, 2.24) is 0 Å². The van der Waals surface area contributed by atoms with Crippen molar-refractivity contribution in [2.45, 2.75) is 6.36 Å². The van der Waals surface area contributed by atoms with Gasteiger partial charge in [-0.25, -0.2) is 4.79 Å². The number of ether oxygens (including phenoxy) is 1. The van der Waals surface area contributed by atoms with Crippen molar-refractivity contribution < 1.29 is 27.8 Å². The Balaban J connectivity index is 2.87. The van der Waals surface area contributed by atoms with E-state index < -0.39 is 23.9 Å². The van der Waals surface area contributed by atoms with Gasteiger partial charge in [0, 0.05) is 6.07 Å². The van der Waals surface area contributed by atoms with Crippen LogP contribution >= 0.6 is 0 Å². The van der Waals surface area contributed by atoms with Crippen LogP contribution in [-0.2, 0) is 0 Å². The number of rotatable bonds is 2. The van der Waals surface area contributed by atoms with Gasteiger partial charge in [-0.1, -0.05) is 0 Å². The molecular weight excluding hydrogens is 229 g/mol. The molecule has 0 aliphatic rings. The van der Waals surface area contributed by atoms with E-state index in [4.69, 9.17) is 5.73 Å². The third-order valence-electron chi connectivity index (χ3n) is 1.46. The van der Waals surface area contributed by atoms with Crippen LogP contribution in [0.25, 0.3) is 0 Å². The normalized spacial score (nSPS) is 10.9. The van der Waals surface area contributed by atoms with Gasteiger partial charge in [0.2, 0.25) is 0 Å². The average molecular weight is 236 g/mol. The SMILES string of the molecule is NC(=O)Nc1ccc(OC(F)(F)F)cc1O. The summed E-state index contributed by atoms with van der Waals surface area (Å²) in [7, 11) is 0. The van der Waals surface area contributed by atoms with E-state index in [0.29, 0.717) is 6.07 Å². The molecule has 0 spiro atoms. The lowest BCUT2D eigenvalue weighted by Gasteiger charge is -2.10. The minimum atomic E-state index is -4.84. The Morgan fingerprint density at radius 1 is 1.44 bits per heavy atom. The quantitative estimate of drug-likeness (QED) is 0.684. The highest BCUT2D eigenvalue weighted by atomic mass is 19.4. The summed E-state index contributed by atoms with van der Waals surface area (Å²) in [5, 5.41) is 11.2. The zero-order valence-corrected chi connectivity index (χ0v) is 7.71. The summed E-state index contributed by atoms with van der Waals surface area (Å²) >= 11 is 0. The number of hydrogen-bond donors (Lipinski definition) is 3. The second-order valence-corrected chi connectivity index (χ2v) is 2.72. The van der Waals surface area contributed by atoms with Gasteiger partial charge in [0.15, 0.2) is 0 Å². The number of anilines is 1. The lowest BCUT2D eigenvalue weighted by Crippen LogP contribution is -2.19. The number of hydrogen-bond acceptors (Lipinski definition) is 3. The number of phenolic OH excluding ortho intramolecular Hbond substituents is 1. The summed E-state index contributed by atoms with van der Waals surface area (Å²) in [5.74, 6) is -1.18. The zero-order valence-electron chi connectivity index (χ0n) is 7.71. The Kier molecular flexibility index (Phi) is 3.11. The average Bonchev–Trinajstić information content (AvgIpc) is 2.06. The summed E-state index contributed by atoms with van der Waals surface area (Å²) in [6, 6.07) is 1.72. The molecule has 5 nitrogen and oxygen atoms in total. The first kappa shape index (κ1) is 12.0. The molecule has 0 fully saturated rings. The van der Waals surface area contributed by atoms with Crippen LogP contribution in [0.2, 0.25) is 0 Å². The molecule has 1 rings (SSSR count). The standard InChI is InChI=1S/C8H7F3N2O3/c9-8(10,11)16-4-1-2-5(6(14)3-4)13-7(12)15/h1-3,14H,(H3,12,13,15). The van der Waals surface area contributed by atoms with Crippen LogP contribution in [0.1, 0.15) is 0 Å². The van der Waals surface area contributed by atoms with E-state index in [-0.39, 0.29) is 5.69 Å². The molecule has 0 bridgehead atoms. The van der Waals surface area contributed by atoms with Crippen molar-refractivity contribution in [3.05, 3.63) is 18.2 Å². The third kappa shape index (κ3) is 3.56. The number of primary amides is 1. The van der Waals surface area contributed by atoms with Crippen molar-refractivity contribution in [3.8, 4) is 11.5 Å². The first-order chi connectivity index (χ1) is 7.28. The first-order valence-corrected chi connectivity index (χ1v) is 3.93. The van der Waals surface area contributed by atoms with E-state index in [1.165, 1.54) is 0 Å². The van der Waals surface area contributed by atoms with E-state index in [1.807, 2.05) is 5.32 Å². The van der Waals surface area contributed by atoms with E-state index in [1.54, 1.807) is 0 Å². The van der Waals surface area contributed by atoms with Crippen molar-refractivity contribution in [1.29, 1.82) is 0 Å². The van der Waals surface area contributed by atoms with Gasteiger partial charge >= 0.3 is 12.4 Å². The number of carbonyl (C=O) groups is 1. The number of amides is 2. The topological polar surface area (TPSA) is 84.6 Å². The van der Waals surface area contributed by atoms with Gasteiger partial charge in [0.05, 0.1) is 5.69 Å². The largest absolute Gasteiger partial charge is 0.573 e. The van der Waals surface area contributed by atoms with Gasteiger partial charge in [0.25, 0.3) is 0 Å². The number of nitrogens with one attached hydrogen (secondary N) is 1. The van der Waals surface area contributed by atoms with E-state index in [9.17, 15) is 23.1 Å². The van der Waals surface area contributed by atoms with Crippen molar-refractivity contribution >= 4 is 11.7 Å². The van der Waals surface area contributed by atoms with E-state index >= 15 is 0 Å². The predicted molar refractivity (Wildman–Crippen MR) is 48.0 cm³/mol. The Bertz CT molecular complexity index is 406. The Morgan fingerprint density at radius 3 is 2.50 bits per heavy atom. The van der Waals surface area contributed by atoms with Gasteiger partial charge in [-0.3, -0.25) is 0 Å². The van der Waals surface area contributed by atoms with Crippen LogP contribution in [0.5, 0.6) is 11.5 Å².